The van der Waals surface area contributed by atoms with Gasteiger partial charge < -0.3 is 4.74 Å². The Hall–Kier alpha value is -1.82. The van der Waals surface area contributed by atoms with E-state index in [1.807, 2.05) is 6.92 Å². The van der Waals surface area contributed by atoms with E-state index in [1.165, 1.54) is 5.51 Å². The van der Waals surface area contributed by atoms with E-state index in [0.29, 0.717) is 17.0 Å². The minimum atomic E-state index is -0.276. The Morgan fingerprint density at radius 2 is 2.12 bits per heavy atom. The van der Waals surface area contributed by atoms with Crippen molar-refractivity contribution in [1.29, 1.82) is 0 Å². The van der Waals surface area contributed by atoms with Gasteiger partial charge in [-0.1, -0.05) is 0 Å². The molecule has 0 amide bonds. The number of pyridine rings is 1. The second kappa shape index (κ2) is 4.58. The molecule has 0 radical (unpaired) electrons. The third-order valence-corrected chi connectivity index (χ3v) is 2.90. The Morgan fingerprint density at radius 3 is 2.71 bits per heavy atom. The Kier molecular flexibility index (Phi) is 3.14. The molecular formula is C11H11N3O2S. The standard InChI is InChI=1S/C11H11N3O2S/c1-6-4-12-8(7(2)10(6)16-3)9(15)11-13-5-17-14-11/h4-5H,1-3H3. The predicted molar refractivity (Wildman–Crippen MR) is 63.6 cm³/mol. The van der Waals surface area contributed by atoms with Gasteiger partial charge >= 0.3 is 0 Å². The van der Waals surface area contributed by atoms with E-state index in [9.17, 15) is 4.79 Å². The van der Waals surface area contributed by atoms with Crippen LogP contribution < -0.4 is 4.74 Å². The van der Waals surface area contributed by atoms with Gasteiger partial charge in [0, 0.05) is 17.3 Å². The number of hydrogen-bond donors (Lipinski definition) is 0. The molecule has 0 saturated heterocycles. The number of rotatable bonds is 3. The molecule has 5 nitrogen and oxygen atoms in total. The highest BCUT2D eigenvalue weighted by molar-refractivity contribution is 7.03. The molecule has 2 aromatic rings. The van der Waals surface area contributed by atoms with Gasteiger partial charge in [0.25, 0.3) is 0 Å². The second-order valence-corrected chi connectivity index (χ2v) is 4.14. The van der Waals surface area contributed by atoms with Crippen molar-refractivity contribution in [3.8, 4) is 5.75 Å². The van der Waals surface area contributed by atoms with Crippen LogP contribution in [0.4, 0.5) is 0 Å². The van der Waals surface area contributed by atoms with Crippen LogP contribution >= 0.6 is 11.5 Å². The van der Waals surface area contributed by atoms with E-state index in [4.69, 9.17) is 4.74 Å². The first-order valence-electron chi connectivity index (χ1n) is 4.96. The van der Waals surface area contributed by atoms with E-state index < -0.39 is 0 Å². The molecule has 0 unspecified atom stereocenters. The van der Waals surface area contributed by atoms with E-state index in [-0.39, 0.29) is 11.6 Å². The monoisotopic (exact) mass is 249 g/mol. The van der Waals surface area contributed by atoms with Crippen molar-refractivity contribution >= 4 is 17.3 Å². The van der Waals surface area contributed by atoms with Gasteiger partial charge in [0.2, 0.25) is 11.6 Å². The van der Waals surface area contributed by atoms with Crippen LogP contribution in [-0.2, 0) is 0 Å². The molecule has 0 N–H and O–H groups in total. The molecule has 0 aliphatic rings. The summed E-state index contributed by atoms with van der Waals surface area (Å²) in [6, 6.07) is 0. The van der Waals surface area contributed by atoms with Crippen molar-refractivity contribution in [2.24, 2.45) is 0 Å². The average Bonchev–Trinajstić information content (AvgIpc) is 2.82. The summed E-state index contributed by atoms with van der Waals surface area (Å²) in [6.45, 7) is 3.69. The fourth-order valence-electron chi connectivity index (χ4n) is 1.64. The Balaban J connectivity index is 2.50. The molecule has 2 rings (SSSR count). The normalized spacial score (nSPS) is 10.3. The fourth-order valence-corrected chi connectivity index (χ4v) is 2.06. The van der Waals surface area contributed by atoms with Crippen LogP contribution in [0, 0.1) is 13.8 Å². The summed E-state index contributed by atoms with van der Waals surface area (Å²) in [5.74, 6) is 0.581. The highest BCUT2D eigenvalue weighted by Gasteiger charge is 2.20. The van der Waals surface area contributed by atoms with Crippen LogP contribution in [0.3, 0.4) is 0 Å². The zero-order valence-electron chi connectivity index (χ0n) is 9.72. The second-order valence-electron chi connectivity index (χ2n) is 3.53. The number of hydrogen-bond acceptors (Lipinski definition) is 6. The third kappa shape index (κ3) is 2.03. The summed E-state index contributed by atoms with van der Waals surface area (Å²) in [4.78, 5) is 20.1. The summed E-state index contributed by atoms with van der Waals surface area (Å²) >= 11 is 1.14. The van der Waals surface area contributed by atoms with E-state index in [1.54, 1.807) is 20.2 Å². The number of ketones is 1. The van der Waals surface area contributed by atoms with Gasteiger partial charge in [-0.05, 0) is 25.4 Å². The van der Waals surface area contributed by atoms with E-state index in [2.05, 4.69) is 14.3 Å². The largest absolute Gasteiger partial charge is 0.496 e. The van der Waals surface area contributed by atoms with Crippen molar-refractivity contribution < 1.29 is 9.53 Å². The number of carbonyl (C=O) groups excluding carboxylic acids is 1. The van der Waals surface area contributed by atoms with Crippen LogP contribution in [0.25, 0.3) is 0 Å². The number of aromatic nitrogens is 3. The lowest BCUT2D eigenvalue weighted by molar-refractivity contribution is 0.102. The summed E-state index contributed by atoms with van der Waals surface area (Å²) < 4.78 is 9.17. The minimum Gasteiger partial charge on any atom is -0.496 e. The molecule has 6 heteroatoms. The van der Waals surface area contributed by atoms with Crippen molar-refractivity contribution in [2.45, 2.75) is 13.8 Å². The minimum absolute atomic E-state index is 0.177. The molecule has 0 spiro atoms. The van der Waals surface area contributed by atoms with Crippen LogP contribution in [0.5, 0.6) is 5.75 Å². The molecule has 0 fully saturated rings. The molecule has 0 aliphatic carbocycles. The number of aryl methyl sites for hydroxylation is 1. The van der Waals surface area contributed by atoms with Crippen molar-refractivity contribution in [3.05, 3.63) is 34.4 Å². The van der Waals surface area contributed by atoms with E-state index >= 15 is 0 Å². The summed E-state index contributed by atoms with van der Waals surface area (Å²) in [5, 5.41) is 0. The Bertz CT molecular complexity index is 552. The maximum Gasteiger partial charge on any atom is 0.249 e. The first kappa shape index (κ1) is 11.7. The van der Waals surface area contributed by atoms with Crippen molar-refractivity contribution in [2.75, 3.05) is 7.11 Å². The topological polar surface area (TPSA) is 65.0 Å². The Labute approximate surface area is 103 Å². The number of ether oxygens (including phenoxy) is 1. The molecule has 2 aromatic heterocycles. The van der Waals surface area contributed by atoms with Gasteiger partial charge in [-0.2, -0.15) is 4.37 Å². The quantitative estimate of drug-likeness (QED) is 0.776. The first-order chi connectivity index (χ1) is 8.15. The molecule has 0 aliphatic heterocycles. The number of methoxy groups -OCH3 is 1. The molecular weight excluding hydrogens is 238 g/mol. The lowest BCUT2D eigenvalue weighted by Gasteiger charge is -2.10. The van der Waals surface area contributed by atoms with Gasteiger partial charge in [0.1, 0.15) is 17.0 Å². The highest BCUT2D eigenvalue weighted by Crippen LogP contribution is 2.24. The predicted octanol–water partition coefficient (Wildman–Crippen LogP) is 1.79. The lowest BCUT2D eigenvalue weighted by atomic mass is 10.1. The lowest BCUT2D eigenvalue weighted by Crippen LogP contribution is -2.10. The van der Waals surface area contributed by atoms with Gasteiger partial charge in [-0.25, -0.2) is 4.98 Å². The van der Waals surface area contributed by atoms with Crippen molar-refractivity contribution in [1.82, 2.24) is 14.3 Å². The zero-order chi connectivity index (χ0) is 12.4. The smallest absolute Gasteiger partial charge is 0.249 e. The van der Waals surface area contributed by atoms with Gasteiger partial charge in [0.15, 0.2) is 0 Å². The maximum atomic E-state index is 12.1. The van der Waals surface area contributed by atoms with Gasteiger partial charge in [0.05, 0.1) is 7.11 Å². The summed E-state index contributed by atoms with van der Waals surface area (Å²) in [5.41, 5.74) is 3.47. The molecule has 0 atom stereocenters. The highest BCUT2D eigenvalue weighted by atomic mass is 32.1. The van der Waals surface area contributed by atoms with Crippen LogP contribution in [0.2, 0.25) is 0 Å². The van der Waals surface area contributed by atoms with Gasteiger partial charge in [-0.3, -0.25) is 9.78 Å². The van der Waals surface area contributed by atoms with Gasteiger partial charge in [-0.15, -0.1) is 0 Å². The summed E-state index contributed by atoms with van der Waals surface area (Å²) in [7, 11) is 1.57. The molecule has 2 heterocycles. The molecule has 0 saturated carbocycles. The molecule has 88 valence electrons. The zero-order valence-corrected chi connectivity index (χ0v) is 10.5. The van der Waals surface area contributed by atoms with Crippen molar-refractivity contribution in [3.63, 3.8) is 0 Å². The first-order valence-corrected chi connectivity index (χ1v) is 5.80. The molecule has 0 bridgehead atoms. The molecule has 17 heavy (non-hydrogen) atoms. The van der Waals surface area contributed by atoms with E-state index in [0.717, 1.165) is 17.1 Å². The average molecular weight is 249 g/mol. The number of carbonyl (C=O) groups is 1. The third-order valence-electron chi connectivity index (χ3n) is 2.42. The SMILES string of the molecule is COc1c(C)cnc(C(=O)c2ncsn2)c1C. The number of nitrogens with zero attached hydrogens (tertiary/aromatic N) is 3. The fraction of sp³-hybridized carbons (Fsp3) is 0.273. The van der Waals surface area contributed by atoms with Crippen LogP contribution in [0.15, 0.2) is 11.7 Å². The molecule has 0 aromatic carbocycles. The summed E-state index contributed by atoms with van der Waals surface area (Å²) in [6.07, 6.45) is 1.62. The Morgan fingerprint density at radius 1 is 1.35 bits per heavy atom. The maximum absolute atomic E-state index is 12.1. The van der Waals surface area contributed by atoms with Crippen LogP contribution in [-0.4, -0.2) is 27.2 Å². The van der Waals surface area contributed by atoms with Crippen LogP contribution in [0.1, 0.15) is 27.4 Å².